The normalized spacial score (nSPS) is 10.4. The van der Waals surface area contributed by atoms with Crippen LogP contribution in [0.15, 0.2) is 30.5 Å². The van der Waals surface area contributed by atoms with Crippen LogP contribution in [0.25, 0.3) is 0 Å². The van der Waals surface area contributed by atoms with E-state index in [-0.39, 0.29) is 12.3 Å². The molecule has 0 saturated carbocycles. The zero-order valence-corrected chi connectivity index (χ0v) is 12.0. The van der Waals surface area contributed by atoms with Gasteiger partial charge in [0.25, 0.3) is 5.91 Å². The summed E-state index contributed by atoms with van der Waals surface area (Å²) in [6, 6.07) is 7.20. The van der Waals surface area contributed by atoms with Crippen molar-refractivity contribution in [2.75, 3.05) is 5.32 Å². The van der Waals surface area contributed by atoms with Gasteiger partial charge in [0.2, 0.25) is 0 Å². The fourth-order valence-electron chi connectivity index (χ4n) is 2.11. The van der Waals surface area contributed by atoms with Gasteiger partial charge < -0.3 is 10.4 Å². The number of aliphatic carboxylic acids is 1. The number of hydrogen-bond donors (Lipinski definition) is 2. The van der Waals surface area contributed by atoms with Crippen molar-refractivity contribution in [3.63, 3.8) is 0 Å². The average molecular weight is 287 g/mol. The zero-order valence-electron chi connectivity index (χ0n) is 12.0. The van der Waals surface area contributed by atoms with Gasteiger partial charge in [-0.2, -0.15) is 5.10 Å². The quantitative estimate of drug-likeness (QED) is 0.881. The van der Waals surface area contributed by atoms with Crippen LogP contribution in [0.3, 0.4) is 0 Å². The van der Waals surface area contributed by atoms with Crippen molar-refractivity contribution < 1.29 is 14.7 Å². The maximum Gasteiger partial charge on any atom is 0.303 e. The van der Waals surface area contributed by atoms with Crippen molar-refractivity contribution in [1.82, 2.24) is 9.78 Å². The van der Waals surface area contributed by atoms with E-state index in [2.05, 4.69) is 10.4 Å². The molecule has 0 aliphatic carbocycles. The SMILES string of the molecule is Cc1nn(C)cc1C(=O)Nc1ccccc1CCC(=O)O. The van der Waals surface area contributed by atoms with E-state index < -0.39 is 5.97 Å². The second-order valence-corrected chi connectivity index (χ2v) is 4.81. The van der Waals surface area contributed by atoms with Gasteiger partial charge in [-0.3, -0.25) is 14.3 Å². The van der Waals surface area contributed by atoms with E-state index in [1.54, 1.807) is 37.0 Å². The van der Waals surface area contributed by atoms with E-state index in [0.717, 1.165) is 5.56 Å². The number of carboxylic acid groups (broad SMARTS) is 1. The number of benzene rings is 1. The van der Waals surface area contributed by atoms with Gasteiger partial charge in [0.1, 0.15) is 0 Å². The number of nitrogens with one attached hydrogen (secondary N) is 1. The van der Waals surface area contributed by atoms with E-state index in [1.165, 1.54) is 0 Å². The van der Waals surface area contributed by atoms with E-state index >= 15 is 0 Å². The number of carboxylic acids is 1. The second-order valence-electron chi connectivity index (χ2n) is 4.81. The molecule has 2 N–H and O–H groups in total. The molecule has 0 saturated heterocycles. The highest BCUT2D eigenvalue weighted by Gasteiger charge is 2.14. The van der Waals surface area contributed by atoms with Crippen molar-refractivity contribution in [2.24, 2.45) is 7.05 Å². The summed E-state index contributed by atoms with van der Waals surface area (Å²) in [6.07, 6.45) is 2.06. The highest BCUT2D eigenvalue weighted by Crippen LogP contribution is 2.18. The molecule has 1 amide bonds. The Labute approximate surface area is 122 Å². The minimum atomic E-state index is -0.862. The van der Waals surface area contributed by atoms with Crippen LogP contribution in [0.1, 0.15) is 28.0 Å². The summed E-state index contributed by atoms with van der Waals surface area (Å²) in [5.74, 6) is -1.11. The van der Waals surface area contributed by atoms with Crippen LogP contribution in [0.2, 0.25) is 0 Å². The smallest absolute Gasteiger partial charge is 0.303 e. The monoisotopic (exact) mass is 287 g/mol. The van der Waals surface area contributed by atoms with E-state index in [0.29, 0.717) is 23.4 Å². The molecule has 110 valence electrons. The van der Waals surface area contributed by atoms with E-state index in [4.69, 9.17) is 5.11 Å². The fraction of sp³-hybridized carbons (Fsp3) is 0.267. The average Bonchev–Trinajstić information content (AvgIpc) is 2.76. The topological polar surface area (TPSA) is 84.2 Å². The summed E-state index contributed by atoms with van der Waals surface area (Å²) >= 11 is 0. The molecule has 2 rings (SSSR count). The number of aryl methyl sites for hydroxylation is 3. The van der Waals surface area contributed by atoms with Crippen molar-refractivity contribution in [3.8, 4) is 0 Å². The first-order valence-corrected chi connectivity index (χ1v) is 6.58. The third-order valence-corrected chi connectivity index (χ3v) is 3.13. The van der Waals surface area contributed by atoms with Gasteiger partial charge in [-0.15, -0.1) is 0 Å². The van der Waals surface area contributed by atoms with Crippen LogP contribution in [0.4, 0.5) is 5.69 Å². The molecule has 1 aromatic heterocycles. The molecule has 0 unspecified atom stereocenters. The molecule has 1 heterocycles. The first kappa shape index (κ1) is 14.8. The molecule has 0 aliphatic heterocycles. The molecule has 0 aliphatic rings. The molecule has 2 aromatic rings. The van der Waals surface area contributed by atoms with Gasteiger partial charge >= 0.3 is 5.97 Å². The Balaban J connectivity index is 2.17. The Morgan fingerprint density at radius 2 is 2.05 bits per heavy atom. The molecule has 6 nitrogen and oxygen atoms in total. The van der Waals surface area contributed by atoms with E-state index in [9.17, 15) is 9.59 Å². The van der Waals surface area contributed by atoms with Crippen LogP contribution in [0, 0.1) is 6.92 Å². The van der Waals surface area contributed by atoms with Crippen LogP contribution >= 0.6 is 0 Å². The fourth-order valence-corrected chi connectivity index (χ4v) is 2.11. The molecule has 0 radical (unpaired) electrons. The highest BCUT2D eigenvalue weighted by molar-refractivity contribution is 6.05. The maximum absolute atomic E-state index is 12.3. The Hall–Kier alpha value is -2.63. The van der Waals surface area contributed by atoms with Crippen LogP contribution in [0.5, 0.6) is 0 Å². The van der Waals surface area contributed by atoms with Gasteiger partial charge in [-0.05, 0) is 25.0 Å². The summed E-state index contributed by atoms with van der Waals surface area (Å²) < 4.78 is 1.58. The molecular weight excluding hydrogens is 270 g/mol. The molecule has 0 atom stereocenters. The molecule has 0 bridgehead atoms. The Bertz CT molecular complexity index is 677. The van der Waals surface area contributed by atoms with Gasteiger partial charge in [-0.1, -0.05) is 18.2 Å². The number of carbonyl (C=O) groups excluding carboxylic acids is 1. The molecule has 21 heavy (non-hydrogen) atoms. The number of amides is 1. The molecule has 6 heteroatoms. The van der Waals surface area contributed by atoms with Gasteiger partial charge in [0.05, 0.1) is 11.3 Å². The number of aromatic nitrogens is 2. The van der Waals surface area contributed by atoms with Crippen molar-refractivity contribution in [1.29, 1.82) is 0 Å². The maximum atomic E-state index is 12.3. The number of carbonyl (C=O) groups is 2. The number of hydrogen-bond acceptors (Lipinski definition) is 3. The summed E-state index contributed by atoms with van der Waals surface area (Å²) in [5, 5.41) is 15.7. The predicted molar refractivity (Wildman–Crippen MR) is 78.3 cm³/mol. The van der Waals surface area contributed by atoms with E-state index in [1.807, 2.05) is 12.1 Å². The minimum absolute atomic E-state index is 0.0266. The Kier molecular flexibility index (Phi) is 4.37. The Morgan fingerprint density at radius 1 is 1.33 bits per heavy atom. The lowest BCUT2D eigenvalue weighted by Gasteiger charge is -2.10. The largest absolute Gasteiger partial charge is 0.481 e. The van der Waals surface area contributed by atoms with Gasteiger partial charge in [-0.25, -0.2) is 0 Å². The predicted octanol–water partition coefficient (Wildman–Crippen LogP) is 2.00. The van der Waals surface area contributed by atoms with Crippen molar-refractivity contribution in [3.05, 3.63) is 47.3 Å². The third-order valence-electron chi connectivity index (χ3n) is 3.13. The molecule has 1 aromatic carbocycles. The molecule has 0 spiro atoms. The van der Waals surface area contributed by atoms with Crippen LogP contribution < -0.4 is 5.32 Å². The summed E-state index contributed by atoms with van der Waals surface area (Å²) in [7, 11) is 1.75. The van der Waals surface area contributed by atoms with Crippen LogP contribution in [-0.4, -0.2) is 26.8 Å². The lowest BCUT2D eigenvalue weighted by molar-refractivity contribution is -0.136. The molecule has 0 fully saturated rings. The first-order chi connectivity index (χ1) is 9.97. The first-order valence-electron chi connectivity index (χ1n) is 6.58. The van der Waals surface area contributed by atoms with Crippen LogP contribution in [-0.2, 0) is 18.3 Å². The summed E-state index contributed by atoms with van der Waals surface area (Å²) in [4.78, 5) is 22.9. The summed E-state index contributed by atoms with van der Waals surface area (Å²) in [5.41, 5.74) is 2.59. The highest BCUT2D eigenvalue weighted by atomic mass is 16.4. The second kappa shape index (κ2) is 6.21. The number of para-hydroxylation sites is 1. The van der Waals surface area contributed by atoms with Gasteiger partial charge in [0, 0.05) is 25.4 Å². The van der Waals surface area contributed by atoms with Gasteiger partial charge in [0.15, 0.2) is 0 Å². The lowest BCUT2D eigenvalue weighted by atomic mass is 10.1. The summed E-state index contributed by atoms with van der Waals surface area (Å²) in [6.45, 7) is 1.77. The number of rotatable bonds is 5. The lowest BCUT2D eigenvalue weighted by Crippen LogP contribution is -2.14. The van der Waals surface area contributed by atoms with Crippen molar-refractivity contribution in [2.45, 2.75) is 19.8 Å². The standard InChI is InChI=1S/C15H17N3O3/c1-10-12(9-18(2)17-10)15(21)16-13-6-4-3-5-11(13)7-8-14(19)20/h3-6,9H,7-8H2,1-2H3,(H,16,21)(H,19,20). The Morgan fingerprint density at radius 3 is 2.67 bits per heavy atom. The third kappa shape index (κ3) is 3.68. The van der Waals surface area contributed by atoms with Crippen molar-refractivity contribution >= 4 is 17.6 Å². The number of nitrogens with zero attached hydrogens (tertiary/aromatic N) is 2. The zero-order chi connectivity index (χ0) is 15.4. The minimum Gasteiger partial charge on any atom is -0.481 e. The number of anilines is 1. The molecular formula is C15H17N3O3.